The van der Waals surface area contributed by atoms with Gasteiger partial charge in [-0.2, -0.15) is 0 Å². The average molecular weight is 338 g/mol. The van der Waals surface area contributed by atoms with E-state index in [1.165, 1.54) is 0 Å². The topological polar surface area (TPSA) is 78.4 Å². The summed E-state index contributed by atoms with van der Waals surface area (Å²) in [5, 5.41) is 15.6. The van der Waals surface area contributed by atoms with E-state index < -0.39 is 6.10 Å². The monoisotopic (exact) mass is 338 g/mol. The first-order chi connectivity index (χ1) is 12.1. The van der Waals surface area contributed by atoms with Crippen LogP contribution in [0.2, 0.25) is 0 Å². The van der Waals surface area contributed by atoms with Gasteiger partial charge in [-0.25, -0.2) is 0 Å². The lowest BCUT2D eigenvalue weighted by atomic mass is 10.1. The van der Waals surface area contributed by atoms with Crippen molar-refractivity contribution >= 4 is 17.5 Å². The van der Waals surface area contributed by atoms with Gasteiger partial charge < -0.3 is 15.7 Å². The lowest BCUT2D eigenvalue weighted by Gasteiger charge is -2.12. The zero-order valence-electron chi connectivity index (χ0n) is 13.9. The van der Waals surface area contributed by atoms with E-state index in [1.54, 1.807) is 24.3 Å². The zero-order chi connectivity index (χ0) is 17.6. The molecule has 1 atom stereocenters. The van der Waals surface area contributed by atoms with Crippen LogP contribution in [0.15, 0.2) is 54.6 Å². The number of amides is 2. The zero-order valence-corrected chi connectivity index (χ0v) is 13.9. The second-order valence-corrected chi connectivity index (χ2v) is 6.39. The summed E-state index contributed by atoms with van der Waals surface area (Å²) in [6, 6.07) is 16.4. The molecule has 130 valence electrons. The van der Waals surface area contributed by atoms with E-state index in [1.807, 2.05) is 30.3 Å². The van der Waals surface area contributed by atoms with Gasteiger partial charge in [0.2, 0.25) is 5.91 Å². The maximum absolute atomic E-state index is 12.1. The molecular formula is C20H22N2O3. The lowest BCUT2D eigenvalue weighted by molar-refractivity contribution is -0.117. The molecule has 5 nitrogen and oxygen atoms in total. The minimum atomic E-state index is -0.636. The van der Waals surface area contributed by atoms with E-state index in [9.17, 15) is 14.7 Å². The van der Waals surface area contributed by atoms with Gasteiger partial charge in [0.15, 0.2) is 0 Å². The van der Waals surface area contributed by atoms with Crippen molar-refractivity contribution in [3.8, 4) is 0 Å². The van der Waals surface area contributed by atoms with Crippen LogP contribution in [0.4, 0.5) is 5.69 Å². The van der Waals surface area contributed by atoms with Gasteiger partial charge in [-0.3, -0.25) is 9.59 Å². The van der Waals surface area contributed by atoms with Crippen LogP contribution < -0.4 is 10.6 Å². The third kappa shape index (κ3) is 5.16. The van der Waals surface area contributed by atoms with Gasteiger partial charge in [0.1, 0.15) is 0 Å². The molecule has 25 heavy (non-hydrogen) atoms. The molecule has 1 aliphatic rings. The summed E-state index contributed by atoms with van der Waals surface area (Å²) < 4.78 is 0. The van der Waals surface area contributed by atoms with Gasteiger partial charge in [0.25, 0.3) is 5.91 Å². The molecule has 3 N–H and O–H groups in total. The molecule has 1 unspecified atom stereocenters. The van der Waals surface area contributed by atoms with Crippen molar-refractivity contribution in [2.24, 2.45) is 5.92 Å². The highest BCUT2D eigenvalue weighted by Crippen LogP contribution is 2.30. The number of hydrogen-bond acceptors (Lipinski definition) is 3. The Morgan fingerprint density at radius 2 is 1.72 bits per heavy atom. The molecule has 1 saturated carbocycles. The number of aliphatic hydroxyl groups is 1. The molecule has 1 fully saturated rings. The first kappa shape index (κ1) is 17.2. The number of benzene rings is 2. The Morgan fingerprint density at radius 3 is 2.36 bits per heavy atom. The molecule has 5 heteroatoms. The van der Waals surface area contributed by atoms with Crippen molar-refractivity contribution in [1.82, 2.24) is 5.32 Å². The molecule has 0 aromatic heterocycles. The van der Waals surface area contributed by atoms with Crippen molar-refractivity contribution in [3.05, 3.63) is 65.7 Å². The van der Waals surface area contributed by atoms with Crippen molar-refractivity contribution in [1.29, 1.82) is 0 Å². The predicted molar refractivity (Wildman–Crippen MR) is 96.3 cm³/mol. The second kappa shape index (κ2) is 7.94. The molecule has 2 aromatic rings. The van der Waals surface area contributed by atoms with Crippen LogP contribution in [0.1, 0.15) is 28.8 Å². The molecule has 2 aromatic carbocycles. The average Bonchev–Trinajstić information content (AvgIpc) is 3.46. The van der Waals surface area contributed by atoms with E-state index >= 15 is 0 Å². The van der Waals surface area contributed by atoms with Crippen LogP contribution in [-0.2, 0) is 11.2 Å². The van der Waals surface area contributed by atoms with E-state index in [-0.39, 0.29) is 24.3 Å². The molecule has 0 aliphatic heterocycles. The second-order valence-electron chi connectivity index (χ2n) is 6.39. The summed E-state index contributed by atoms with van der Waals surface area (Å²) in [4.78, 5) is 23.8. The fourth-order valence-corrected chi connectivity index (χ4v) is 2.57. The highest BCUT2D eigenvalue weighted by molar-refractivity contribution is 5.96. The molecule has 0 spiro atoms. The van der Waals surface area contributed by atoms with Gasteiger partial charge in [0, 0.05) is 30.1 Å². The number of aliphatic hydroxyl groups excluding tert-OH is 1. The summed E-state index contributed by atoms with van der Waals surface area (Å²) in [7, 11) is 0. The summed E-state index contributed by atoms with van der Waals surface area (Å²) in [5.74, 6) is -0.0532. The Labute approximate surface area is 147 Å². The smallest absolute Gasteiger partial charge is 0.251 e. The number of nitrogens with one attached hydrogen (secondary N) is 2. The predicted octanol–water partition coefficient (Wildman–Crippen LogP) is 2.37. The highest BCUT2D eigenvalue weighted by atomic mass is 16.3. The van der Waals surface area contributed by atoms with Crippen molar-refractivity contribution in [3.63, 3.8) is 0 Å². The van der Waals surface area contributed by atoms with Crippen LogP contribution in [0.5, 0.6) is 0 Å². The third-order valence-electron chi connectivity index (χ3n) is 4.18. The van der Waals surface area contributed by atoms with Crippen molar-refractivity contribution < 1.29 is 14.7 Å². The van der Waals surface area contributed by atoms with Crippen LogP contribution in [0.3, 0.4) is 0 Å². The van der Waals surface area contributed by atoms with E-state index in [0.29, 0.717) is 17.7 Å². The van der Waals surface area contributed by atoms with Gasteiger partial charge >= 0.3 is 0 Å². The van der Waals surface area contributed by atoms with Gasteiger partial charge in [-0.15, -0.1) is 0 Å². The Bertz CT molecular complexity index is 724. The Hall–Kier alpha value is -2.66. The first-order valence-electron chi connectivity index (χ1n) is 8.53. The van der Waals surface area contributed by atoms with Crippen LogP contribution >= 0.6 is 0 Å². The molecule has 0 bridgehead atoms. The quantitative estimate of drug-likeness (QED) is 0.725. The molecule has 0 heterocycles. The Morgan fingerprint density at radius 1 is 1.04 bits per heavy atom. The van der Waals surface area contributed by atoms with Gasteiger partial charge in [0.05, 0.1) is 6.10 Å². The van der Waals surface area contributed by atoms with E-state index in [0.717, 1.165) is 18.4 Å². The SMILES string of the molecule is O=C(NCC(O)Cc1ccccc1)c1ccc(NC(=O)C2CC2)cc1. The molecule has 0 radical (unpaired) electrons. The number of rotatable bonds is 7. The number of hydrogen-bond donors (Lipinski definition) is 3. The van der Waals surface area contributed by atoms with Crippen LogP contribution in [0.25, 0.3) is 0 Å². The fourth-order valence-electron chi connectivity index (χ4n) is 2.57. The standard InChI is InChI=1S/C20H22N2O3/c23-18(12-14-4-2-1-3-5-14)13-21-19(24)15-8-10-17(11-9-15)22-20(25)16-6-7-16/h1-5,8-11,16,18,23H,6-7,12-13H2,(H,21,24)(H,22,25). The molecular weight excluding hydrogens is 316 g/mol. The van der Waals surface area contributed by atoms with Crippen molar-refractivity contribution in [2.45, 2.75) is 25.4 Å². The normalized spacial score (nSPS) is 14.6. The first-order valence-corrected chi connectivity index (χ1v) is 8.53. The molecule has 3 rings (SSSR count). The summed E-state index contributed by atoms with van der Waals surface area (Å²) >= 11 is 0. The Balaban J connectivity index is 1.46. The van der Waals surface area contributed by atoms with Gasteiger partial charge in [-0.1, -0.05) is 30.3 Å². The van der Waals surface area contributed by atoms with Crippen LogP contribution in [0, 0.1) is 5.92 Å². The summed E-state index contributed by atoms with van der Waals surface area (Å²) in [6.45, 7) is 0.188. The maximum atomic E-state index is 12.1. The minimum Gasteiger partial charge on any atom is -0.391 e. The fraction of sp³-hybridized carbons (Fsp3) is 0.300. The molecule has 1 aliphatic carbocycles. The summed E-state index contributed by atoms with van der Waals surface area (Å²) in [5.41, 5.74) is 2.22. The van der Waals surface area contributed by atoms with Crippen molar-refractivity contribution in [2.75, 3.05) is 11.9 Å². The largest absolute Gasteiger partial charge is 0.391 e. The minimum absolute atomic E-state index is 0.0428. The van der Waals surface area contributed by atoms with E-state index in [2.05, 4.69) is 10.6 Å². The number of carbonyl (C=O) groups excluding carboxylic acids is 2. The van der Waals surface area contributed by atoms with Gasteiger partial charge in [-0.05, 0) is 42.7 Å². The van der Waals surface area contributed by atoms with Crippen LogP contribution in [-0.4, -0.2) is 29.6 Å². The lowest BCUT2D eigenvalue weighted by Crippen LogP contribution is -2.33. The highest BCUT2D eigenvalue weighted by Gasteiger charge is 2.29. The molecule has 2 amide bonds. The third-order valence-corrected chi connectivity index (χ3v) is 4.18. The summed E-state index contributed by atoms with van der Waals surface area (Å²) in [6.07, 6.45) is 1.77. The number of anilines is 1. The van der Waals surface area contributed by atoms with E-state index in [4.69, 9.17) is 0 Å². The number of carbonyl (C=O) groups is 2. The molecule has 0 saturated heterocycles. The maximum Gasteiger partial charge on any atom is 0.251 e. The Kier molecular flexibility index (Phi) is 5.46.